The van der Waals surface area contributed by atoms with Crippen LogP contribution in [-0.4, -0.2) is 82.3 Å². The minimum absolute atomic E-state index is 0.0144. The Bertz CT molecular complexity index is 1380. The monoisotopic (exact) mass is 829 g/mol. The van der Waals surface area contributed by atoms with Gasteiger partial charge in [-0.15, -0.1) is 23.2 Å². The van der Waals surface area contributed by atoms with Gasteiger partial charge >= 0.3 is 28.2 Å². The summed E-state index contributed by atoms with van der Waals surface area (Å²) in [6.45, 7) is 2.55. The molecule has 0 radical (unpaired) electrons. The number of aliphatic hydroxyl groups is 2. The van der Waals surface area contributed by atoms with E-state index in [0.717, 1.165) is 18.2 Å². The molecule has 13 nitrogen and oxygen atoms in total. The average molecular weight is 832 g/mol. The van der Waals surface area contributed by atoms with Crippen LogP contribution in [0.25, 0.3) is 0 Å². The van der Waals surface area contributed by atoms with E-state index in [1.807, 2.05) is 78.9 Å². The molecule has 3 aromatic rings. The Morgan fingerprint density at radius 1 is 0.808 bits per heavy atom. The van der Waals surface area contributed by atoms with E-state index in [1.54, 1.807) is 19.3 Å². The predicted octanol–water partition coefficient (Wildman–Crippen LogP) is 7.22. The summed E-state index contributed by atoms with van der Waals surface area (Å²) in [4.78, 5) is 48.1. The molecule has 0 bridgehead atoms. The van der Waals surface area contributed by atoms with Crippen LogP contribution < -0.4 is 0 Å². The highest BCUT2D eigenvalue weighted by Gasteiger charge is 2.41. The van der Waals surface area contributed by atoms with E-state index in [0.29, 0.717) is 0 Å². The standard InChI is InChI=1S/C13H14O5.C12H16O4.C5H5N.C3H3Cl3O3.CH2Cl2/c1-13(8-17-12(15)18-9-13)11(14)16-7-10-5-3-2-4-6-10;1-12(8-13,9-14)11(15)16-7-10-5-3-2-4-6-10;1-2-4-6-5-3-1;1-8-2(7)9-3(4,5)6;2-1-3/h2-6H,7-9H2,1H3;2-6,13-14H,7-9H2,1H3;1-5H;1H3;1H2. The van der Waals surface area contributed by atoms with Crippen LogP contribution in [0.4, 0.5) is 9.59 Å². The molecule has 0 atom stereocenters. The molecule has 52 heavy (non-hydrogen) atoms. The highest BCUT2D eigenvalue weighted by atomic mass is 35.6. The minimum atomic E-state index is -2.03. The number of alkyl halides is 5. The molecule has 1 aliphatic rings. The maximum atomic E-state index is 11.9. The molecule has 0 aliphatic carbocycles. The summed E-state index contributed by atoms with van der Waals surface area (Å²) in [5.74, 6) is -1.03. The Kier molecular flexibility index (Phi) is 25.2. The third kappa shape index (κ3) is 22.4. The van der Waals surface area contributed by atoms with Gasteiger partial charge in [0.1, 0.15) is 37.3 Å². The molecule has 0 spiro atoms. The van der Waals surface area contributed by atoms with Crippen LogP contribution in [0.15, 0.2) is 91.3 Å². The summed E-state index contributed by atoms with van der Waals surface area (Å²) >= 11 is 24.6. The van der Waals surface area contributed by atoms with Crippen molar-refractivity contribution < 1.29 is 57.8 Å². The number of halogens is 5. The summed E-state index contributed by atoms with van der Waals surface area (Å²) < 4.78 is 25.6. The number of aromatic nitrogens is 1. The maximum Gasteiger partial charge on any atom is 0.511 e. The number of cyclic esters (lactones) is 2. The van der Waals surface area contributed by atoms with E-state index in [1.165, 1.54) is 6.92 Å². The van der Waals surface area contributed by atoms with Crippen molar-refractivity contribution in [2.24, 2.45) is 10.8 Å². The molecule has 1 aliphatic heterocycles. The molecule has 0 unspecified atom stereocenters. The molecule has 18 heteroatoms. The Labute approximate surface area is 326 Å². The lowest BCUT2D eigenvalue weighted by molar-refractivity contribution is -0.167. The highest BCUT2D eigenvalue weighted by molar-refractivity contribution is 6.66. The molecule has 1 saturated heterocycles. The van der Waals surface area contributed by atoms with Gasteiger partial charge in [-0.1, -0.05) is 66.7 Å². The van der Waals surface area contributed by atoms with Gasteiger partial charge in [-0.25, -0.2) is 9.59 Å². The van der Waals surface area contributed by atoms with E-state index in [2.05, 4.69) is 14.5 Å². The van der Waals surface area contributed by atoms with Gasteiger partial charge in [0.05, 0.1) is 25.7 Å². The first kappa shape index (κ1) is 48.4. The van der Waals surface area contributed by atoms with E-state index < -0.39 is 52.3 Å². The number of pyridine rings is 1. The first-order valence-corrected chi connectivity index (χ1v) is 17.0. The molecule has 0 amide bonds. The number of ether oxygens (including phenoxy) is 6. The Morgan fingerprint density at radius 2 is 1.23 bits per heavy atom. The number of esters is 2. The summed E-state index contributed by atoms with van der Waals surface area (Å²) in [5.41, 5.74) is -0.380. The number of rotatable bonds is 8. The second-order valence-corrected chi connectivity index (χ2v) is 13.5. The van der Waals surface area contributed by atoms with E-state index in [9.17, 15) is 19.2 Å². The number of carbonyl (C=O) groups is 4. The van der Waals surface area contributed by atoms with Crippen LogP contribution in [0.5, 0.6) is 0 Å². The van der Waals surface area contributed by atoms with Crippen molar-refractivity contribution >= 4 is 82.3 Å². The largest absolute Gasteiger partial charge is 0.511 e. The molecule has 2 N–H and O–H groups in total. The quantitative estimate of drug-likeness (QED) is 0.132. The fourth-order valence-corrected chi connectivity index (χ4v) is 3.25. The van der Waals surface area contributed by atoms with Gasteiger partial charge in [-0.2, -0.15) is 0 Å². The maximum absolute atomic E-state index is 11.9. The number of hydrogen-bond acceptors (Lipinski definition) is 13. The van der Waals surface area contributed by atoms with Crippen LogP contribution in [0.1, 0.15) is 25.0 Å². The molecule has 288 valence electrons. The van der Waals surface area contributed by atoms with Gasteiger partial charge in [0, 0.05) is 12.4 Å². The van der Waals surface area contributed by atoms with Gasteiger partial charge in [0.25, 0.3) is 0 Å². The van der Waals surface area contributed by atoms with Crippen molar-refractivity contribution in [1.82, 2.24) is 4.98 Å². The van der Waals surface area contributed by atoms with Gasteiger partial charge in [-0.3, -0.25) is 14.6 Å². The van der Waals surface area contributed by atoms with E-state index in [4.69, 9.17) is 87.2 Å². The van der Waals surface area contributed by atoms with Crippen LogP contribution in [-0.2, 0) is 51.2 Å². The number of carbonyl (C=O) groups excluding carboxylic acids is 4. The zero-order valence-corrected chi connectivity index (χ0v) is 32.2. The van der Waals surface area contributed by atoms with E-state index >= 15 is 0 Å². The summed E-state index contributed by atoms with van der Waals surface area (Å²) in [7, 11) is 1.11. The Balaban J connectivity index is 0.000000694. The van der Waals surface area contributed by atoms with Crippen molar-refractivity contribution in [2.75, 3.05) is 38.9 Å². The van der Waals surface area contributed by atoms with Crippen LogP contribution in [0, 0.1) is 10.8 Å². The number of aliphatic hydroxyl groups excluding tert-OH is 2. The summed E-state index contributed by atoms with van der Waals surface area (Å²) in [6, 6.07) is 24.3. The fourth-order valence-electron chi connectivity index (χ4n) is 3.06. The molecule has 2 heterocycles. The lowest BCUT2D eigenvalue weighted by Crippen LogP contribution is -2.44. The molecule has 1 aromatic heterocycles. The Morgan fingerprint density at radius 3 is 1.56 bits per heavy atom. The number of hydrogen-bond donors (Lipinski definition) is 2. The lowest BCUT2D eigenvalue weighted by atomic mass is 9.93. The average Bonchev–Trinajstić information content (AvgIpc) is 3.15. The molecular formula is C34H40Cl5NO12. The van der Waals surface area contributed by atoms with Crippen molar-refractivity contribution in [3.05, 3.63) is 102 Å². The van der Waals surface area contributed by atoms with Crippen LogP contribution >= 0.6 is 58.0 Å². The van der Waals surface area contributed by atoms with Gasteiger partial charge < -0.3 is 38.6 Å². The lowest BCUT2D eigenvalue weighted by Gasteiger charge is -2.29. The van der Waals surface area contributed by atoms with E-state index in [-0.39, 0.29) is 31.8 Å². The SMILES string of the molecule is CC(CO)(CO)C(=O)OCc1ccccc1.CC1(C(=O)OCc2ccccc2)COC(=O)OC1.COC(=O)OC(Cl)(Cl)Cl.ClCCl.c1ccncc1. The summed E-state index contributed by atoms with van der Waals surface area (Å²) in [6.07, 6.45) is 1.72. The minimum Gasteiger partial charge on any atom is -0.460 e. The molecular weight excluding hydrogens is 792 g/mol. The number of benzene rings is 2. The topological polar surface area (TPSA) is 177 Å². The van der Waals surface area contributed by atoms with Crippen LogP contribution in [0.3, 0.4) is 0 Å². The third-order valence-corrected chi connectivity index (χ3v) is 6.29. The third-order valence-electron chi connectivity index (χ3n) is 6.06. The van der Waals surface area contributed by atoms with Gasteiger partial charge in [0.2, 0.25) is 0 Å². The first-order valence-electron chi connectivity index (χ1n) is 14.8. The molecule has 4 rings (SSSR count). The second kappa shape index (κ2) is 27.1. The zero-order chi connectivity index (χ0) is 39.5. The predicted molar refractivity (Wildman–Crippen MR) is 195 cm³/mol. The second-order valence-electron chi connectivity index (χ2n) is 10.5. The highest BCUT2D eigenvalue weighted by Crippen LogP contribution is 2.27. The van der Waals surface area contributed by atoms with Crippen molar-refractivity contribution in [1.29, 1.82) is 0 Å². The first-order chi connectivity index (χ1) is 24.6. The normalized spacial score (nSPS) is 12.6. The van der Waals surface area contributed by atoms with Crippen molar-refractivity contribution in [2.45, 2.75) is 31.0 Å². The fraction of sp³-hybridized carbons (Fsp3) is 0.382. The smallest absolute Gasteiger partial charge is 0.460 e. The Hall–Kier alpha value is -3.56. The number of methoxy groups -OCH3 is 1. The van der Waals surface area contributed by atoms with Gasteiger partial charge in [-0.05, 0) is 71.9 Å². The number of nitrogens with zero attached hydrogens (tertiary/aromatic N) is 1. The summed E-state index contributed by atoms with van der Waals surface area (Å²) in [5, 5.41) is 18.2. The van der Waals surface area contributed by atoms with Crippen molar-refractivity contribution in [3.63, 3.8) is 0 Å². The molecule has 1 fully saturated rings. The van der Waals surface area contributed by atoms with Gasteiger partial charge in [0.15, 0.2) is 0 Å². The molecule has 2 aromatic carbocycles. The molecule has 0 saturated carbocycles. The van der Waals surface area contributed by atoms with Crippen LogP contribution in [0.2, 0.25) is 0 Å². The zero-order valence-electron chi connectivity index (χ0n) is 28.4. The van der Waals surface area contributed by atoms with Crippen molar-refractivity contribution in [3.8, 4) is 0 Å².